The van der Waals surface area contributed by atoms with E-state index in [1.807, 2.05) is 0 Å². The molecule has 0 N–H and O–H groups in total. The fraction of sp³-hybridized carbons (Fsp3) is 0.409. The summed E-state index contributed by atoms with van der Waals surface area (Å²) >= 11 is 0. The van der Waals surface area contributed by atoms with E-state index >= 15 is 0 Å². The molecule has 2 fully saturated rings. The van der Waals surface area contributed by atoms with Crippen molar-refractivity contribution in [2.24, 2.45) is 0 Å². The lowest BCUT2D eigenvalue weighted by molar-refractivity contribution is -0.144. The number of likely N-dealkylation sites (tertiary alicyclic amines) is 1. The van der Waals surface area contributed by atoms with Crippen LogP contribution in [0.3, 0.4) is 0 Å². The Morgan fingerprint density at radius 1 is 1.11 bits per heavy atom. The molecule has 1 spiro atoms. The highest BCUT2D eigenvalue weighted by Gasteiger charge is 2.42. The number of carbonyl (C=O) groups is 1. The number of benzene rings is 2. The van der Waals surface area contributed by atoms with Crippen molar-refractivity contribution in [3.05, 3.63) is 65.5 Å². The minimum absolute atomic E-state index is 0.0640. The third-order valence-electron chi connectivity index (χ3n) is 5.66. The van der Waals surface area contributed by atoms with E-state index in [9.17, 15) is 9.18 Å². The molecule has 2 aliphatic heterocycles. The topological polar surface area (TPSA) is 32.8 Å². The van der Waals surface area contributed by atoms with Crippen LogP contribution in [-0.4, -0.2) is 42.6 Å². The maximum Gasteiger partial charge on any atom is 0.253 e. The normalized spacial score (nSPS) is 20.2. The van der Waals surface area contributed by atoms with E-state index in [1.165, 1.54) is 23.3 Å². The number of ether oxygens (including phenoxy) is 1. The molecule has 2 saturated heterocycles. The number of piperidine rings is 1. The van der Waals surface area contributed by atoms with Gasteiger partial charge in [-0.25, -0.2) is 4.39 Å². The van der Waals surface area contributed by atoms with Crippen molar-refractivity contribution in [1.29, 1.82) is 0 Å². The van der Waals surface area contributed by atoms with Crippen molar-refractivity contribution >= 4 is 11.6 Å². The van der Waals surface area contributed by atoms with Crippen molar-refractivity contribution < 1.29 is 13.9 Å². The van der Waals surface area contributed by atoms with E-state index in [0.29, 0.717) is 12.2 Å². The van der Waals surface area contributed by atoms with Gasteiger partial charge in [-0.1, -0.05) is 35.9 Å². The predicted octanol–water partition coefficient (Wildman–Crippen LogP) is 3.53. The molecule has 0 saturated carbocycles. The van der Waals surface area contributed by atoms with Gasteiger partial charge in [-0.05, 0) is 43.5 Å². The van der Waals surface area contributed by atoms with Crippen molar-refractivity contribution in [2.45, 2.75) is 31.9 Å². The Labute approximate surface area is 159 Å². The van der Waals surface area contributed by atoms with Crippen molar-refractivity contribution in [3.63, 3.8) is 0 Å². The van der Waals surface area contributed by atoms with E-state index < -0.39 is 0 Å². The first-order chi connectivity index (χ1) is 13.0. The molecular formula is C22H25FN2O2. The van der Waals surface area contributed by atoms with Crippen LogP contribution in [0.15, 0.2) is 48.5 Å². The maximum absolute atomic E-state index is 13.6. The zero-order valence-electron chi connectivity index (χ0n) is 15.7. The number of anilines is 1. The molecular weight excluding hydrogens is 343 g/mol. The van der Waals surface area contributed by atoms with E-state index in [-0.39, 0.29) is 23.9 Å². The van der Waals surface area contributed by atoms with Gasteiger partial charge < -0.3 is 9.64 Å². The van der Waals surface area contributed by atoms with Crippen molar-refractivity contribution in [2.75, 3.05) is 31.1 Å². The highest BCUT2D eigenvalue weighted by atomic mass is 19.1. The van der Waals surface area contributed by atoms with Gasteiger partial charge in [-0.2, -0.15) is 0 Å². The van der Waals surface area contributed by atoms with Gasteiger partial charge in [0.25, 0.3) is 5.91 Å². The summed E-state index contributed by atoms with van der Waals surface area (Å²) in [6, 6.07) is 14.9. The molecule has 5 heteroatoms. The summed E-state index contributed by atoms with van der Waals surface area (Å²) in [6.07, 6.45) is 1.75. The fourth-order valence-electron chi connectivity index (χ4n) is 3.97. The van der Waals surface area contributed by atoms with E-state index in [4.69, 9.17) is 4.74 Å². The van der Waals surface area contributed by atoms with Crippen LogP contribution in [0.4, 0.5) is 10.1 Å². The molecule has 2 aromatic carbocycles. The van der Waals surface area contributed by atoms with Crippen LogP contribution in [0.1, 0.15) is 24.0 Å². The number of aryl methyl sites for hydroxylation is 1. The monoisotopic (exact) mass is 368 g/mol. The number of nitrogens with zero attached hydrogens (tertiary/aromatic N) is 2. The van der Waals surface area contributed by atoms with E-state index in [2.05, 4.69) is 36.1 Å². The first-order valence-corrected chi connectivity index (χ1v) is 9.51. The fourth-order valence-corrected chi connectivity index (χ4v) is 3.97. The number of amides is 1. The van der Waals surface area contributed by atoms with Gasteiger partial charge in [0.2, 0.25) is 0 Å². The summed E-state index contributed by atoms with van der Waals surface area (Å²) in [5, 5.41) is 0. The van der Waals surface area contributed by atoms with Gasteiger partial charge in [-0.3, -0.25) is 9.69 Å². The number of carbonyl (C=O) groups excluding carboxylic acids is 1. The second-order valence-electron chi connectivity index (χ2n) is 7.69. The molecule has 0 radical (unpaired) electrons. The Hall–Kier alpha value is -2.24. The second kappa shape index (κ2) is 7.41. The molecule has 1 amide bonds. The Morgan fingerprint density at radius 2 is 1.85 bits per heavy atom. The quantitative estimate of drug-likeness (QED) is 0.831. The Morgan fingerprint density at radius 3 is 2.56 bits per heavy atom. The van der Waals surface area contributed by atoms with Crippen LogP contribution in [0.2, 0.25) is 0 Å². The van der Waals surface area contributed by atoms with Crippen LogP contribution in [0.5, 0.6) is 0 Å². The van der Waals surface area contributed by atoms with Crippen molar-refractivity contribution in [3.8, 4) is 0 Å². The molecule has 2 aliphatic rings. The van der Waals surface area contributed by atoms with Crippen LogP contribution in [0.25, 0.3) is 0 Å². The number of rotatable bonds is 3. The van der Waals surface area contributed by atoms with Crippen LogP contribution < -0.4 is 4.90 Å². The molecule has 0 atom stereocenters. The van der Waals surface area contributed by atoms with Gasteiger partial charge in [0.05, 0.1) is 12.1 Å². The molecule has 2 aromatic rings. The number of halogens is 1. The van der Waals surface area contributed by atoms with Crippen LogP contribution >= 0.6 is 0 Å². The van der Waals surface area contributed by atoms with Gasteiger partial charge in [0.15, 0.2) is 0 Å². The van der Waals surface area contributed by atoms with Crippen molar-refractivity contribution in [1.82, 2.24) is 4.90 Å². The summed E-state index contributed by atoms with van der Waals surface area (Å²) in [5.74, 6) is -0.429. The molecule has 0 bridgehead atoms. The van der Waals surface area contributed by atoms with Gasteiger partial charge in [0, 0.05) is 25.3 Å². The molecule has 142 valence electrons. The molecule has 27 heavy (non-hydrogen) atoms. The largest absolute Gasteiger partial charge is 0.363 e. The number of hydrogen-bond donors (Lipinski definition) is 0. The SMILES string of the molecule is Cc1ccc(CN2CCC3(CC2)CN(c2cccc(F)c2)C(=O)CO3)cc1. The van der Waals surface area contributed by atoms with Gasteiger partial charge in [-0.15, -0.1) is 0 Å². The lowest BCUT2D eigenvalue weighted by atomic mass is 9.88. The molecule has 0 unspecified atom stereocenters. The molecule has 0 aliphatic carbocycles. The Balaban J connectivity index is 1.41. The average molecular weight is 368 g/mol. The summed E-state index contributed by atoms with van der Waals surface area (Å²) in [6.45, 7) is 5.45. The van der Waals surface area contributed by atoms with Crippen LogP contribution in [-0.2, 0) is 16.1 Å². The molecule has 4 nitrogen and oxygen atoms in total. The zero-order chi connectivity index (χ0) is 18.9. The summed E-state index contributed by atoms with van der Waals surface area (Å²) in [4.78, 5) is 16.4. The number of hydrogen-bond acceptors (Lipinski definition) is 3. The third-order valence-corrected chi connectivity index (χ3v) is 5.66. The first-order valence-electron chi connectivity index (χ1n) is 9.51. The standard InChI is InChI=1S/C22H25FN2O2/c1-17-5-7-18(8-6-17)14-24-11-9-22(10-12-24)16-25(21(26)15-27-22)20-4-2-3-19(23)13-20/h2-8,13H,9-12,14-16H2,1H3. The lowest BCUT2D eigenvalue weighted by Crippen LogP contribution is -2.58. The first kappa shape index (κ1) is 18.1. The highest BCUT2D eigenvalue weighted by molar-refractivity contribution is 5.95. The lowest BCUT2D eigenvalue weighted by Gasteiger charge is -2.47. The summed E-state index contributed by atoms with van der Waals surface area (Å²) in [5.41, 5.74) is 2.88. The second-order valence-corrected chi connectivity index (χ2v) is 7.69. The molecule has 2 heterocycles. The van der Waals surface area contributed by atoms with E-state index in [0.717, 1.165) is 32.5 Å². The third kappa shape index (κ3) is 4.04. The highest BCUT2D eigenvalue weighted by Crippen LogP contribution is 2.33. The molecule has 0 aromatic heterocycles. The summed E-state index contributed by atoms with van der Waals surface area (Å²) < 4.78 is 19.6. The zero-order valence-corrected chi connectivity index (χ0v) is 15.7. The Bertz CT molecular complexity index is 813. The average Bonchev–Trinajstić information content (AvgIpc) is 2.68. The number of morpholine rings is 1. The smallest absolute Gasteiger partial charge is 0.253 e. The van der Waals surface area contributed by atoms with E-state index in [1.54, 1.807) is 17.0 Å². The van der Waals surface area contributed by atoms with Gasteiger partial charge in [0.1, 0.15) is 12.4 Å². The summed E-state index contributed by atoms with van der Waals surface area (Å²) in [7, 11) is 0. The Kier molecular flexibility index (Phi) is 4.98. The predicted molar refractivity (Wildman–Crippen MR) is 103 cm³/mol. The maximum atomic E-state index is 13.6. The van der Waals surface area contributed by atoms with Gasteiger partial charge >= 0.3 is 0 Å². The molecule has 4 rings (SSSR count). The minimum Gasteiger partial charge on any atom is -0.363 e. The van der Waals surface area contributed by atoms with Crippen LogP contribution in [0, 0.1) is 12.7 Å². The minimum atomic E-state index is -0.329.